The first kappa shape index (κ1) is 13.3. The Kier molecular flexibility index (Phi) is 3.19. The first-order valence-corrected chi connectivity index (χ1v) is 6.23. The number of benzene rings is 1. The minimum atomic E-state index is -0.107. The highest BCUT2D eigenvalue weighted by Gasteiger charge is 2.11. The Morgan fingerprint density at radius 3 is 2.62 bits per heavy atom. The third kappa shape index (κ3) is 1.98. The van der Waals surface area contributed by atoms with Crippen LogP contribution in [0.2, 0.25) is 0 Å². The van der Waals surface area contributed by atoms with Crippen LogP contribution >= 0.6 is 12.4 Å². The van der Waals surface area contributed by atoms with Gasteiger partial charge in [0.05, 0.1) is 22.1 Å². The summed E-state index contributed by atoms with van der Waals surface area (Å²) >= 11 is 0. The molecule has 3 heterocycles. The second-order valence-corrected chi connectivity index (χ2v) is 4.53. The molecular weight excluding hydrogens is 288 g/mol. The van der Waals surface area contributed by atoms with E-state index in [0.717, 1.165) is 22.1 Å². The standard InChI is InChI=1S/C15H10N4O.ClH/c20-15-12-9-17-13-6-7-16-8-11(13)14(12)18-19(15)10-4-2-1-3-5-10;/h1-9,18H;1H. The van der Waals surface area contributed by atoms with Gasteiger partial charge in [-0.05, 0) is 18.2 Å². The molecular formula is C15H11ClN4O. The zero-order valence-electron chi connectivity index (χ0n) is 10.9. The van der Waals surface area contributed by atoms with Crippen molar-refractivity contribution in [3.8, 4) is 5.69 Å². The van der Waals surface area contributed by atoms with E-state index in [9.17, 15) is 4.79 Å². The van der Waals surface area contributed by atoms with Gasteiger partial charge in [-0.2, -0.15) is 0 Å². The van der Waals surface area contributed by atoms with Crippen molar-refractivity contribution in [3.63, 3.8) is 0 Å². The van der Waals surface area contributed by atoms with Crippen molar-refractivity contribution in [1.82, 2.24) is 19.7 Å². The Morgan fingerprint density at radius 1 is 1.00 bits per heavy atom. The van der Waals surface area contributed by atoms with Crippen LogP contribution in [0.25, 0.3) is 27.5 Å². The summed E-state index contributed by atoms with van der Waals surface area (Å²) < 4.78 is 1.53. The lowest BCUT2D eigenvalue weighted by molar-refractivity contribution is 0.864. The van der Waals surface area contributed by atoms with E-state index in [1.165, 1.54) is 4.68 Å². The van der Waals surface area contributed by atoms with Gasteiger partial charge in [-0.1, -0.05) is 18.2 Å². The summed E-state index contributed by atoms with van der Waals surface area (Å²) in [5.74, 6) is 0. The lowest BCUT2D eigenvalue weighted by atomic mass is 10.2. The predicted octanol–water partition coefficient (Wildman–Crippen LogP) is 2.68. The van der Waals surface area contributed by atoms with Crippen LogP contribution in [-0.2, 0) is 0 Å². The molecule has 4 rings (SSSR count). The highest BCUT2D eigenvalue weighted by molar-refractivity contribution is 6.02. The largest absolute Gasteiger partial charge is 0.289 e. The maximum Gasteiger partial charge on any atom is 0.280 e. The molecule has 0 spiro atoms. The predicted molar refractivity (Wildman–Crippen MR) is 84.2 cm³/mol. The van der Waals surface area contributed by atoms with E-state index in [4.69, 9.17) is 0 Å². The molecule has 6 heteroatoms. The van der Waals surface area contributed by atoms with Crippen LogP contribution in [0.3, 0.4) is 0 Å². The quantitative estimate of drug-likeness (QED) is 0.587. The summed E-state index contributed by atoms with van der Waals surface area (Å²) in [7, 11) is 0. The van der Waals surface area contributed by atoms with E-state index in [1.54, 1.807) is 18.6 Å². The molecule has 5 nitrogen and oxygen atoms in total. The lowest BCUT2D eigenvalue weighted by Gasteiger charge is -1.99. The fourth-order valence-corrected chi connectivity index (χ4v) is 2.36. The van der Waals surface area contributed by atoms with Crippen molar-refractivity contribution in [2.75, 3.05) is 0 Å². The number of para-hydroxylation sites is 1. The smallest absolute Gasteiger partial charge is 0.280 e. The van der Waals surface area contributed by atoms with Crippen LogP contribution in [0.5, 0.6) is 0 Å². The van der Waals surface area contributed by atoms with Gasteiger partial charge in [0.25, 0.3) is 5.56 Å². The highest BCUT2D eigenvalue weighted by atomic mass is 35.5. The van der Waals surface area contributed by atoms with Gasteiger partial charge in [-0.3, -0.25) is 19.9 Å². The van der Waals surface area contributed by atoms with Gasteiger partial charge in [0.15, 0.2) is 0 Å². The number of hydrogen-bond acceptors (Lipinski definition) is 3. The minimum Gasteiger partial charge on any atom is -0.289 e. The third-order valence-electron chi connectivity index (χ3n) is 3.34. The van der Waals surface area contributed by atoms with Crippen LogP contribution < -0.4 is 5.56 Å². The SMILES string of the molecule is Cl.O=c1c2cnc3ccncc3c2[nH]n1-c1ccccc1. The second kappa shape index (κ2) is 5.03. The molecule has 0 fully saturated rings. The summed E-state index contributed by atoms with van der Waals surface area (Å²) in [4.78, 5) is 20.9. The number of nitrogens with zero attached hydrogens (tertiary/aromatic N) is 3. The number of aromatic nitrogens is 4. The van der Waals surface area contributed by atoms with Gasteiger partial charge in [0.1, 0.15) is 0 Å². The fraction of sp³-hybridized carbons (Fsp3) is 0. The summed E-state index contributed by atoms with van der Waals surface area (Å²) in [6.45, 7) is 0. The number of fused-ring (bicyclic) bond motifs is 3. The average Bonchev–Trinajstić information content (AvgIpc) is 2.86. The summed E-state index contributed by atoms with van der Waals surface area (Å²) in [5.41, 5.74) is 2.26. The molecule has 0 aliphatic carbocycles. The van der Waals surface area contributed by atoms with Crippen LogP contribution in [0.4, 0.5) is 0 Å². The van der Waals surface area contributed by atoms with Crippen molar-refractivity contribution in [3.05, 3.63) is 65.3 Å². The number of pyridine rings is 2. The maximum atomic E-state index is 12.4. The van der Waals surface area contributed by atoms with Crippen LogP contribution in [0.15, 0.2) is 59.8 Å². The molecule has 21 heavy (non-hydrogen) atoms. The molecule has 104 valence electrons. The normalized spacial score (nSPS) is 10.7. The summed E-state index contributed by atoms with van der Waals surface area (Å²) in [6, 6.07) is 11.3. The van der Waals surface area contributed by atoms with Crippen molar-refractivity contribution in [2.45, 2.75) is 0 Å². The molecule has 1 N–H and O–H groups in total. The highest BCUT2D eigenvalue weighted by Crippen LogP contribution is 2.19. The Balaban J connectivity index is 0.00000132. The molecule has 1 aromatic carbocycles. The summed E-state index contributed by atoms with van der Waals surface area (Å²) in [6.07, 6.45) is 5.01. The van der Waals surface area contributed by atoms with E-state index in [1.807, 2.05) is 36.4 Å². The van der Waals surface area contributed by atoms with Crippen molar-refractivity contribution >= 4 is 34.2 Å². The fourth-order valence-electron chi connectivity index (χ4n) is 2.36. The molecule has 0 saturated carbocycles. The number of rotatable bonds is 1. The maximum absolute atomic E-state index is 12.4. The van der Waals surface area contributed by atoms with Crippen molar-refractivity contribution in [1.29, 1.82) is 0 Å². The third-order valence-corrected chi connectivity index (χ3v) is 3.34. The average molecular weight is 299 g/mol. The van der Waals surface area contributed by atoms with E-state index < -0.39 is 0 Å². The molecule has 0 radical (unpaired) electrons. The Morgan fingerprint density at radius 2 is 1.81 bits per heavy atom. The second-order valence-electron chi connectivity index (χ2n) is 4.53. The van der Waals surface area contributed by atoms with Gasteiger partial charge >= 0.3 is 0 Å². The van der Waals surface area contributed by atoms with Gasteiger partial charge in [-0.15, -0.1) is 12.4 Å². The number of halogens is 1. The molecule has 0 aliphatic rings. The number of H-pyrrole nitrogens is 1. The number of nitrogens with one attached hydrogen (secondary N) is 1. The minimum absolute atomic E-state index is 0. The Bertz CT molecular complexity index is 975. The molecule has 0 amide bonds. The monoisotopic (exact) mass is 298 g/mol. The summed E-state index contributed by atoms with van der Waals surface area (Å²) in [5, 5.41) is 4.56. The van der Waals surface area contributed by atoms with Crippen LogP contribution in [0.1, 0.15) is 0 Å². The molecule has 0 saturated heterocycles. The van der Waals surface area contributed by atoms with E-state index in [2.05, 4.69) is 15.1 Å². The van der Waals surface area contributed by atoms with E-state index in [0.29, 0.717) is 5.39 Å². The van der Waals surface area contributed by atoms with Gasteiger partial charge in [-0.25, -0.2) is 4.68 Å². The number of aromatic amines is 1. The molecule has 0 unspecified atom stereocenters. The topological polar surface area (TPSA) is 63.6 Å². The first-order chi connectivity index (χ1) is 9.84. The lowest BCUT2D eigenvalue weighted by Crippen LogP contribution is -2.13. The first-order valence-electron chi connectivity index (χ1n) is 6.23. The van der Waals surface area contributed by atoms with E-state index in [-0.39, 0.29) is 18.0 Å². The molecule has 3 aromatic heterocycles. The van der Waals surface area contributed by atoms with Crippen molar-refractivity contribution in [2.24, 2.45) is 0 Å². The Hall–Kier alpha value is -2.66. The van der Waals surface area contributed by atoms with Gasteiger partial charge in [0, 0.05) is 24.0 Å². The molecule has 0 atom stereocenters. The molecule has 0 aliphatic heterocycles. The molecule has 0 bridgehead atoms. The van der Waals surface area contributed by atoms with Gasteiger partial charge in [0.2, 0.25) is 0 Å². The number of hydrogen-bond donors (Lipinski definition) is 1. The van der Waals surface area contributed by atoms with Crippen LogP contribution in [-0.4, -0.2) is 19.7 Å². The zero-order valence-corrected chi connectivity index (χ0v) is 11.7. The zero-order chi connectivity index (χ0) is 13.5. The van der Waals surface area contributed by atoms with E-state index >= 15 is 0 Å². The Labute approximate surface area is 125 Å². The van der Waals surface area contributed by atoms with Crippen molar-refractivity contribution < 1.29 is 0 Å². The van der Waals surface area contributed by atoms with Crippen LogP contribution in [0, 0.1) is 0 Å². The van der Waals surface area contributed by atoms with Gasteiger partial charge < -0.3 is 0 Å². The molecule has 4 aromatic rings.